The smallest absolute Gasteiger partial charge is 0.546 e. The van der Waals surface area contributed by atoms with E-state index in [9.17, 15) is 0 Å². The van der Waals surface area contributed by atoms with Gasteiger partial charge in [0.25, 0.3) is 0 Å². The molecular formula is C14H20N3OSi+. The van der Waals surface area contributed by atoms with Crippen molar-refractivity contribution < 1.29 is 5.85 Å². The van der Waals surface area contributed by atoms with Gasteiger partial charge in [0.2, 0.25) is 9.04 Å². The Bertz CT molecular complexity index is 596. The molecule has 0 aliphatic rings. The molecular weight excluding hydrogens is 254 g/mol. The second-order valence-electron chi connectivity index (χ2n) is 4.84. The Morgan fingerprint density at radius 1 is 1.42 bits per heavy atom. The van der Waals surface area contributed by atoms with Crippen molar-refractivity contribution in [2.45, 2.75) is 20.0 Å². The Kier molecular flexibility index (Phi) is 4.16. The summed E-state index contributed by atoms with van der Waals surface area (Å²) in [6, 6.07) is 6.09. The van der Waals surface area contributed by atoms with E-state index in [2.05, 4.69) is 36.2 Å². The summed E-state index contributed by atoms with van der Waals surface area (Å²) in [4.78, 5) is 4.52. The van der Waals surface area contributed by atoms with Crippen molar-refractivity contribution in [2.75, 3.05) is 0 Å². The molecule has 5 heteroatoms. The average molecular weight is 274 g/mol. The Balaban J connectivity index is 0.00000200. The number of aryl methyl sites for hydroxylation is 2. The molecule has 0 unspecified atom stereocenters. The van der Waals surface area contributed by atoms with Crippen LogP contribution in [0.5, 0.6) is 5.75 Å². The summed E-state index contributed by atoms with van der Waals surface area (Å²) in [6.07, 6.45) is 5.53. The molecule has 0 fully saturated rings. The molecule has 100 valence electrons. The number of rotatable bonds is 4. The van der Waals surface area contributed by atoms with E-state index in [0.717, 1.165) is 17.0 Å². The SMILES string of the molecule is Cc1ccc(O[SiH](C)C)c(N=Cc2cnn(C)c2)c1.[H+]. The number of nitrogens with zero attached hydrogens (tertiary/aromatic N) is 3. The minimum Gasteiger partial charge on any atom is -0.546 e. The number of hydrogen-bond donors (Lipinski definition) is 0. The number of benzene rings is 1. The summed E-state index contributed by atoms with van der Waals surface area (Å²) >= 11 is 0. The molecule has 0 atom stereocenters. The summed E-state index contributed by atoms with van der Waals surface area (Å²) < 4.78 is 7.66. The average Bonchev–Trinajstić information content (AvgIpc) is 2.75. The maximum Gasteiger partial charge on any atom is 1.00 e. The van der Waals surface area contributed by atoms with Crippen LogP contribution in [0.3, 0.4) is 0 Å². The molecule has 0 radical (unpaired) electrons. The molecule has 2 rings (SSSR count). The fourth-order valence-corrected chi connectivity index (χ4v) is 2.44. The van der Waals surface area contributed by atoms with Crippen LogP contribution in [0.15, 0.2) is 35.6 Å². The number of hydrogen-bond acceptors (Lipinski definition) is 3. The van der Waals surface area contributed by atoms with Gasteiger partial charge in [0, 0.05) is 25.0 Å². The van der Waals surface area contributed by atoms with Crippen molar-refractivity contribution in [3.05, 3.63) is 41.7 Å². The van der Waals surface area contributed by atoms with Gasteiger partial charge in [-0.15, -0.1) is 0 Å². The highest BCUT2D eigenvalue weighted by Crippen LogP contribution is 2.29. The zero-order valence-electron chi connectivity index (χ0n) is 12.8. The van der Waals surface area contributed by atoms with E-state index in [0.29, 0.717) is 0 Å². The molecule has 1 aromatic heterocycles. The maximum absolute atomic E-state index is 5.90. The largest absolute Gasteiger partial charge is 1.00 e. The third kappa shape index (κ3) is 3.79. The van der Waals surface area contributed by atoms with Gasteiger partial charge in [-0.1, -0.05) is 6.07 Å². The predicted octanol–water partition coefficient (Wildman–Crippen LogP) is 2.95. The minimum absolute atomic E-state index is 0. The normalized spacial score (nSPS) is 11.4. The van der Waals surface area contributed by atoms with Gasteiger partial charge in [0.1, 0.15) is 11.4 Å². The lowest BCUT2D eigenvalue weighted by molar-refractivity contribution is 0.582. The Morgan fingerprint density at radius 2 is 2.21 bits per heavy atom. The van der Waals surface area contributed by atoms with Gasteiger partial charge >= 0.3 is 1.43 Å². The van der Waals surface area contributed by atoms with Crippen LogP contribution < -0.4 is 4.43 Å². The summed E-state index contributed by atoms with van der Waals surface area (Å²) in [5.74, 6) is 0.868. The second kappa shape index (κ2) is 5.84. The Hall–Kier alpha value is -1.88. The van der Waals surface area contributed by atoms with Gasteiger partial charge in [0.05, 0.1) is 6.20 Å². The van der Waals surface area contributed by atoms with E-state index < -0.39 is 9.04 Å². The lowest BCUT2D eigenvalue weighted by Gasteiger charge is -2.12. The van der Waals surface area contributed by atoms with Crippen LogP contribution in [0.2, 0.25) is 13.1 Å². The summed E-state index contributed by atoms with van der Waals surface area (Å²) in [5, 5.41) is 4.12. The zero-order chi connectivity index (χ0) is 13.8. The van der Waals surface area contributed by atoms with Crippen molar-refractivity contribution in [2.24, 2.45) is 12.0 Å². The fraction of sp³-hybridized carbons (Fsp3) is 0.286. The van der Waals surface area contributed by atoms with Gasteiger partial charge in [-0.05, 0) is 37.7 Å². The number of aromatic nitrogens is 2. The molecule has 0 amide bonds. The molecule has 1 aromatic carbocycles. The maximum atomic E-state index is 5.90. The number of aliphatic imine (C=N–C) groups is 1. The van der Waals surface area contributed by atoms with Crippen LogP contribution in [0, 0.1) is 6.92 Å². The zero-order valence-corrected chi connectivity index (χ0v) is 12.9. The van der Waals surface area contributed by atoms with Crippen LogP contribution >= 0.6 is 0 Å². The van der Waals surface area contributed by atoms with E-state index in [1.165, 1.54) is 5.56 Å². The molecule has 0 aliphatic carbocycles. The first kappa shape index (κ1) is 13.5. The molecule has 1 heterocycles. The van der Waals surface area contributed by atoms with Gasteiger partial charge in [0.15, 0.2) is 0 Å². The molecule has 0 N–H and O–H groups in total. The molecule has 2 aromatic rings. The van der Waals surface area contributed by atoms with Gasteiger partial charge in [-0.2, -0.15) is 5.10 Å². The first-order valence-corrected chi connectivity index (χ1v) is 9.12. The summed E-state index contributed by atoms with van der Waals surface area (Å²) in [6.45, 7) is 6.35. The molecule has 19 heavy (non-hydrogen) atoms. The van der Waals surface area contributed by atoms with E-state index in [-0.39, 0.29) is 1.43 Å². The summed E-state index contributed by atoms with van der Waals surface area (Å²) in [7, 11) is 0.766. The third-order valence-electron chi connectivity index (χ3n) is 2.55. The molecule has 0 bridgehead atoms. The lowest BCUT2D eigenvalue weighted by Crippen LogP contribution is -2.11. The monoisotopic (exact) mass is 274 g/mol. The van der Waals surface area contributed by atoms with Crippen LogP contribution in [-0.4, -0.2) is 25.0 Å². The van der Waals surface area contributed by atoms with Gasteiger partial charge in [-0.25, -0.2) is 0 Å². The third-order valence-corrected chi connectivity index (χ3v) is 3.28. The lowest BCUT2D eigenvalue weighted by atomic mass is 10.2. The van der Waals surface area contributed by atoms with Crippen LogP contribution in [0.1, 0.15) is 12.6 Å². The van der Waals surface area contributed by atoms with Gasteiger partial charge in [-0.3, -0.25) is 9.67 Å². The minimum atomic E-state index is -1.13. The van der Waals surface area contributed by atoms with Gasteiger partial charge < -0.3 is 4.43 Å². The van der Waals surface area contributed by atoms with Crippen molar-refractivity contribution >= 4 is 20.9 Å². The molecule has 0 aliphatic heterocycles. The standard InChI is InChI=1S/C14H19N3OSi/c1-11-5-6-14(18-19(3)4)13(7-11)15-8-12-9-16-17(2)10-12/h5-10,19H,1-4H3/p+1. The fourth-order valence-electron chi connectivity index (χ4n) is 1.73. The molecule has 0 saturated heterocycles. The van der Waals surface area contributed by atoms with Crippen molar-refractivity contribution in [3.63, 3.8) is 0 Å². The summed E-state index contributed by atoms with van der Waals surface area (Å²) in [5.41, 5.74) is 3.04. The highest BCUT2D eigenvalue weighted by atomic mass is 28.3. The highest BCUT2D eigenvalue weighted by Gasteiger charge is 2.05. The predicted molar refractivity (Wildman–Crippen MR) is 82.3 cm³/mol. The first-order valence-electron chi connectivity index (χ1n) is 6.34. The Labute approximate surface area is 117 Å². The van der Waals surface area contributed by atoms with Crippen molar-refractivity contribution in [1.29, 1.82) is 0 Å². The molecule has 4 nitrogen and oxygen atoms in total. The van der Waals surface area contributed by atoms with Crippen LogP contribution in [0.4, 0.5) is 5.69 Å². The topological polar surface area (TPSA) is 39.4 Å². The molecule has 0 saturated carbocycles. The van der Waals surface area contributed by atoms with E-state index in [1.807, 2.05) is 31.6 Å². The van der Waals surface area contributed by atoms with Crippen LogP contribution in [0.25, 0.3) is 0 Å². The van der Waals surface area contributed by atoms with E-state index >= 15 is 0 Å². The highest BCUT2D eigenvalue weighted by molar-refractivity contribution is 6.49. The second-order valence-corrected chi connectivity index (χ2v) is 7.18. The van der Waals surface area contributed by atoms with Crippen molar-refractivity contribution in [3.8, 4) is 5.75 Å². The van der Waals surface area contributed by atoms with Crippen LogP contribution in [-0.2, 0) is 7.05 Å². The van der Waals surface area contributed by atoms with Crippen molar-refractivity contribution in [1.82, 2.24) is 9.78 Å². The van der Waals surface area contributed by atoms with E-state index in [4.69, 9.17) is 4.43 Å². The quantitative estimate of drug-likeness (QED) is 0.635. The first-order chi connectivity index (χ1) is 9.04. The Morgan fingerprint density at radius 3 is 2.84 bits per heavy atom. The molecule has 0 spiro atoms. The van der Waals surface area contributed by atoms with E-state index in [1.54, 1.807) is 10.9 Å².